The predicted molar refractivity (Wildman–Crippen MR) is 150 cm³/mol. The molecule has 1 aliphatic carbocycles. The lowest BCUT2D eigenvalue weighted by Crippen LogP contribution is -2.23. The summed E-state index contributed by atoms with van der Waals surface area (Å²) in [6.45, 7) is 0. The molecule has 1 aliphatic rings. The zero-order valence-electron chi connectivity index (χ0n) is 20.8. The van der Waals surface area contributed by atoms with Crippen LogP contribution in [0.1, 0.15) is 47.8 Å². The van der Waals surface area contributed by atoms with Gasteiger partial charge in [-0.1, -0.05) is 54.6 Å². The molecular formula is C31H21N3O6. The van der Waals surface area contributed by atoms with Crippen LogP contribution in [0.4, 0.5) is 11.4 Å². The van der Waals surface area contributed by atoms with E-state index in [1.165, 1.54) is 42.5 Å². The van der Waals surface area contributed by atoms with E-state index in [1.54, 1.807) is 60.7 Å². The molecule has 0 radical (unpaired) electrons. The van der Waals surface area contributed by atoms with Crippen molar-refractivity contribution in [3.05, 3.63) is 130 Å². The fourth-order valence-corrected chi connectivity index (χ4v) is 4.25. The summed E-state index contributed by atoms with van der Waals surface area (Å²) in [5, 5.41) is 26.9. The highest BCUT2D eigenvalue weighted by Crippen LogP contribution is 2.29. The van der Waals surface area contributed by atoms with Crippen LogP contribution in [0.5, 0.6) is 5.75 Å². The number of carboxylic acids is 1. The smallest absolute Gasteiger partial charge is 0.336 e. The van der Waals surface area contributed by atoms with Gasteiger partial charge in [0.1, 0.15) is 11.5 Å². The number of nitrogens with one attached hydrogen (secondary N) is 2. The topological polar surface area (TPSA) is 145 Å². The maximum absolute atomic E-state index is 13.1. The molecular weight excluding hydrogens is 510 g/mol. The first-order chi connectivity index (χ1) is 19.3. The Morgan fingerprint density at radius 3 is 2.20 bits per heavy atom. The molecule has 0 aromatic heterocycles. The van der Waals surface area contributed by atoms with Gasteiger partial charge in [0.2, 0.25) is 5.78 Å². The number of hydrogen-bond donors (Lipinski definition) is 4. The molecule has 1 amide bonds. The van der Waals surface area contributed by atoms with Crippen molar-refractivity contribution in [3.8, 4) is 5.75 Å². The van der Waals surface area contributed by atoms with E-state index in [0.717, 1.165) is 0 Å². The number of hydrazone groups is 1. The molecule has 4 aromatic carbocycles. The first kappa shape index (κ1) is 25.8. The Bertz CT molecular complexity index is 1740. The minimum Gasteiger partial charge on any atom is -0.506 e. The average Bonchev–Trinajstić information content (AvgIpc) is 2.97. The van der Waals surface area contributed by atoms with Gasteiger partial charge in [-0.2, -0.15) is 5.10 Å². The van der Waals surface area contributed by atoms with E-state index >= 15 is 0 Å². The SMILES string of the molecule is O=C1C=Cc2cccc(NC(=O)c3ccccc3)c2/C1=N/Nc1cc(C(=O)c2ccccc2C(=O)O)ccc1O. The lowest BCUT2D eigenvalue weighted by Gasteiger charge is -2.18. The van der Waals surface area contributed by atoms with E-state index in [-0.39, 0.29) is 39.7 Å². The Hall–Kier alpha value is -5.83. The number of carbonyl (C=O) groups is 4. The number of hydrogen-bond acceptors (Lipinski definition) is 7. The highest BCUT2D eigenvalue weighted by molar-refractivity contribution is 6.53. The molecule has 0 saturated carbocycles. The van der Waals surface area contributed by atoms with Crippen LogP contribution in [-0.2, 0) is 4.79 Å². The predicted octanol–water partition coefficient (Wildman–Crippen LogP) is 4.99. The van der Waals surface area contributed by atoms with Crippen molar-refractivity contribution < 1.29 is 29.4 Å². The number of aromatic hydroxyl groups is 1. The molecule has 0 spiro atoms. The largest absolute Gasteiger partial charge is 0.506 e. The summed E-state index contributed by atoms with van der Waals surface area (Å²) in [4.78, 5) is 50.4. The number of carbonyl (C=O) groups excluding carboxylic acids is 3. The van der Waals surface area contributed by atoms with E-state index < -0.39 is 17.5 Å². The Morgan fingerprint density at radius 1 is 0.725 bits per heavy atom. The van der Waals surface area contributed by atoms with Gasteiger partial charge in [0.05, 0.1) is 16.9 Å². The second-order valence-corrected chi connectivity index (χ2v) is 8.77. The molecule has 0 aliphatic heterocycles. The van der Waals surface area contributed by atoms with Crippen molar-refractivity contribution in [3.63, 3.8) is 0 Å². The molecule has 40 heavy (non-hydrogen) atoms. The summed E-state index contributed by atoms with van der Waals surface area (Å²) in [5.74, 6) is -2.87. The number of anilines is 2. The molecule has 0 atom stereocenters. The van der Waals surface area contributed by atoms with Gasteiger partial charge in [0.15, 0.2) is 5.78 Å². The first-order valence-electron chi connectivity index (χ1n) is 12.1. The van der Waals surface area contributed by atoms with E-state index in [9.17, 15) is 29.4 Å². The summed E-state index contributed by atoms with van der Waals surface area (Å²) in [5.41, 5.74) is 4.40. The van der Waals surface area contributed by atoms with Gasteiger partial charge >= 0.3 is 5.97 Å². The van der Waals surface area contributed by atoms with Crippen molar-refractivity contribution in [1.29, 1.82) is 0 Å². The first-order valence-corrected chi connectivity index (χ1v) is 12.1. The normalized spacial score (nSPS) is 13.0. The van der Waals surface area contributed by atoms with Gasteiger partial charge in [0.25, 0.3) is 5.91 Å². The summed E-state index contributed by atoms with van der Waals surface area (Å²) in [6, 6.07) is 23.5. The van der Waals surface area contributed by atoms with Crippen molar-refractivity contribution in [1.82, 2.24) is 0 Å². The van der Waals surface area contributed by atoms with Crippen LogP contribution in [0.15, 0.2) is 102 Å². The number of aromatic carboxylic acids is 1. The van der Waals surface area contributed by atoms with Gasteiger partial charge in [-0.05, 0) is 54.1 Å². The van der Waals surface area contributed by atoms with Gasteiger partial charge in [0, 0.05) is 22.3 Å². The third kappa shape index (κ3) is 5.11. The molecule has 9 heteroatoms. The van der Waals surface area contributed by atoms with Crippen LogP contribution in [0, 0.1) is 0 Å². The minimum atomic E-state index is -1.25. The molecule has 0 heterocycles. The molecule has 9 nitrogen and oxygen atoms in total. The number of amides is 1. The Kier molecular flexibility index (Phi) is 7.02. The highest BCUT2D eigenvalue weighted by Gasteiger charge is 2.24. The molecule has 4 aromatic rings. The second-order valence-electron chi connectivity index (χ2n) is 8.77. The van der Waals surface area contributed by atoms with E-state index in [4.69, 9.17) is 0 Å². The molecule has 4 N–H and O–H groups in total. The van der Waals surface area contributed by atoms with E-state index in [0.29, 0.717) is 22.4 Å². The molecule has 0 bridgehead atoms. The Morgan fingerprint density at radius 2 is 1.45 bits per heavy atom. The van der Waals surface area contributed by atoms with Crippen LogP contribution < -0.4 is 10.7 Å². The number of rotatable bonds is 7. The van der Waals surface area contributed by atoms with Crippen LogP contribution >= 0.6 is 0 Å². The van der Waals surface area contributed by atoms with Gasteiger partial charge in [-0.15, -0.1) is 0 Å². The number of fused-ring (bicyclic) bond motifs is 1. The molecule has 196 valence electrons. The van der Waals surface area contributed by atoms with Gasteiger partial charge in [-0.25, -0.2) is 4.79 Å². The number of carboxylic acid groups (broad SMARTS) is 1. The second kappa shape index (κ2) is 10.9. The van der Waals surface area contributed by atoms with Crippen molar-refractivity contribution in [2.45, 2.75) is 0 Å². The van der Waals surface area contributed by atoms with Crippen molar-refractivity contribution in [2.75, 3.05) is 10.7 Å². The van der Waals surface area contributed by atoms with Crippen LogP contribution in [0.25, 0.3) is 6.08 Å². The number of benzene rings is 4. The number of nitrogens with zero attached hydrogens (tertiary/aromatic N) is 1. The van der Waals surface area contributed by atoms with Crippen molar-refractivity contribution in [2.24, 2.45) is 5.10 Å². The average molecular weight is 532 g/mol. The highest BCUT2D eigenvalue weighted by atomic mass is 16.4. The standard InChI is InChI=1S/C31H21N3O6/c35-25-15-14-20(29(37)21-10-4-5-11-22(21)31(39)40)17-24(25)33-34-28-26(36)16-13-18-9-6-12-23(27(18)28)32-30(38)19-7-2-1-3-8-19/h1-17,33,35H,(H,32,38)(H,39,40)/b34-28+. The lowest BCUT2D eigenvalue weighted by molar-refractivity contribution is -0.108. The summed E-state index contributed by atoms with van der Waals surface area (Å²) in [7, 11) is 0. The molecule has 0 saturated heterocycles. The molecule has 0 unspecified atom stereocenters. The Balaban J connectivity index is 1.48. The quantitative estimate of drug-likeness (QED) is 0.149. The number of phenolic OH excluding ortho intramolecular Hbond substituents is 1. The fraction of sp³-hybridized carbons (Fsp3) is 0. The zero-order valence-corrected chi connectivity index (χ0v) is 20.8. The third-order valence-corrected chi connectivity index (χ3v) is 6.21. The maximum Gasteiger partial charge on any atom is 0.336 e. The molecule has 0 fully saturated rings. The number of allylic oxidation sites excluding steroid dienone is 1. The number of phenols is 1. The monoisotopic (exact) mass is 531 g/mol. The third-order valence-electron chi connectivity index (χ3n) is 6.21. The van der Waals surface area contributed by atoms with Crippen molar-refractivity contribution >= 4 is 46.6 Å². The maximum atomic E-state index is 13.1. The van der Waals surface area contributed by atoms with Crippen LogP contribution in [0.2, 0.25) is 0 Å². The summed E-state index contributed by atoms with van der Waals surface area (Å²) >= 11 is 0. The summed E-state index contributed by atoms with van der Waals surface area (Å²) < 4.78 is 0. The van der Waals surface area contributed by atoms with Gasteiger partial charge in [-0.3, -0.25) is 19.8 Å². The molecule has 5 rings (SSSR count). The number of ketones is 2. The zero-order chi connectivity index (χ0) is 28.2. The van der Waals surface area contributed by atoms with E-state index in [2.05, 4.69) is 15.8 Å². The van der Waals surface area contributed by atoms with Gasteiger partial charge < -0.3 is 15.5 Å². The summed E-state index contributed by atoms with van der Waals surface area (Å²) in [6.07, 6.45) is 2.96. The lowest BCUT2D eigenvalue weighted by atomic mass is 9.93. The minimum absolute atomic E-state index is 0.0147. The van der Waals surface area contributed by atoms with Crippen LogP contribution in [0.3, 0.4) is 0 Å². The Labute approximate surface area is 228 Å². The van der Waals surface area contributed by atoms with Crippen LogP contribution in [-0.4, -0.2) is 39.4 Å². The van der Waals surface area contributed by atoms with E-state index in [1.807, 2.05) is 0 Å². The fourth-order valence-electron chi connectivity index (χ4n) is 4.25.